The molecule has 1 spiro atoms. The van der Waals surface area contributed by atoms with Crippen LogP contribution in [-0.4, -0.2) is 102 Å². The zero-order valence-corrected chi connectivity index (χ0v) is 16.5. The minimum atomic E-state index is -0.975. The average Bonchev–Trinajstić information content (AvgIpc) is 3.41. The molecule has 2 aliphatic heterocycles. The summed E-state index contributed by atoms with van der Waals surface area (Å²) in [4.78, 5) is 29.5. The van der Waals surface area contributed by atoms with Crippen molar-refractivity contribution in [3.8, 4) is 0 Å². The molecule has 2 heterocycles. The van der Waals surface area contributed by atoms with Crippen LogP contribution >= 0.6 is 0 Å². The van der Waals surface area contributed by atoms with E-state index in [-0.39, 0.29) is 42.5 Å². The van der Waals surface area contributed by atoms with Crippen LogP contribution in [0.2, 0.25) is 0 Å². The zero-order chi connectivity index (χ0) is 19.6. The molecule has 0 aromatic rings. The topological polar surface area (TPSA) is 93.6 Å². The molecule has 8 heteroatoms. The van der Waals surface area contributed by atoms with Gasteiger partial charge in [-0.05, 0) is 44.6 Å². The van der Waals surface area contributed by atoms with Gasteiger partial charge in [-0.1, -0.05) is 0 Å². The van der Waals surface area contributed by atoms with Gasteiger partial charge in [0.25, 0.3) is 0 Å². The number of rotatable bonds is 6. The van der Waals surface area contributed by atoms with Crippen molar-refractivity contribution in [1.29, 1.82) is 0 Å². The van der Waals surface area contributed by atoms with E-state index in [9.17, 15) is 19.8 Å². The van der Waals surface area contributed by atoms with E-state index in [1.54, 1.807) is 12.0 Å². The maximum atomic E-state index is 12.6. The number of β-amino-alcohol motifs (C(OH)–C–C–N with tert-alkyl or cyclic N) is 1. The van der Waals surface area contributed by atoms with E-state index >= 15 is 0 Å². The third kappa shape index (κ3) is 4.55. The molecule has 0 radical (unpaired) electrons. The number of nitrogens with zero attached hydrogens (tertiary/aromatic N) is 3. The first-order valence-corrected chi connectivity index (χ1v) is 10.0. The number of carbonyl (C=O) groups excluding carboxylic acids is 1. The first-order valence-electron chi connectivity index (χ1n) is 10.0. The van der Waals surface area contributed by atoms with Crippen molar-refractivity contribution in [2.24, 2.45) is 5.41 Å². The molecule has 8 nitrogen and oxygen atoms in total. The molecule has 2 amide bonds. The Hall–Kier alpha value is -1.38. The maximum absolute atomic E-state index is 12.6. The van der Waals surface area contributed by atoms with E-state index in [0.29, 0.717) is 19.7 Å². The zero-order valence-electron chi connectivity index (χ0n) is 16.5. The summed E-state index contributed by atoms with van der Waals surface area (Å²) in [5.74, 6) is -0.0109. The molecule has 2 saturated heterocycles. The van der Waals surface area contributed by atoms with E-state index in [2.05, 4.69) is 4.90 Å². The van der Waals surface area contributed by atoms with Gasteiger partial charge in [0.05, 0.1) is 18.8 Å². The minimum Gasteiger partial charge on any atom is -0.465 e. The summed E-state index contributed by atoms with van der Waals surface area (Å²) in [7, 11) is 1.63. The number of methoxy groups -OCH3 is 1. The van der Waals surface area contributed by atoms with E-state index in [4.69, 9.17) is 4.74 Å². The molecule has 0 unspecified atom stereocenters. The number of aliphatic hydroxyl groups excluding tert-OH is 1. The number of carboxylic acid groups (broad SMARTS) is 1. The van der Waals surface area contributed by atoms with Gasteiger partial charge in [-0.15, -0.1) is 0 Å². The molecule has 0 bridgehead atoms. The summed E-state index contributed by atoms with van der Waals surface area (Å²) in [6.45, 7) is 5.43. The van der Waals surface area contributed by atoms with Crippen molar-refractivity contribution in [2.75, 3.05) is 46.4 Å². The first kappa shape index (κ1) is 20.4. The van der Waals surface area contributed by atoms with Crippen LogP contribution in [0.5, 0.6) is 0 Å². The Kier molecular flexibility index (Phi) is 6.28. The van der Waals surface area contributed by atoms with Gasteiger partial charge in [0.2, 0.25) is 5.91 Å². The molecular formula is C19H33N3O5. The summed E-state index contributed by atoms with van der Waals surface area (Å²) < 4.78 is 5.37. The molecule has 3 fully saturated rings. The van der Waals surface area contributed by atoms with Crippen LogP contribution in [0.15, 0.2) is 0 Å². The van der Waals surface area contributed by atoms with E-state index < -0.39 is 6.09 Å². The highest BCUT2D eigenvalue weighted by Gasteiger charge is 2.51. The van der Waals surface area contributed by atoms with Crippen molar-refractivity contribution in [3.05, 3.63) is 0 Å². The van der Waals surface area contributed by atoms with Crippen molar-refractivity contribution in [2.45, 2.75) is 57.2 Å². The van der Waals surface area contributed by atoms with Crippen molar-refractivity contribution in [3.63, 3.8) is 0 Å². The fraction of sp³-hybridized carbons (Fsp3) is 0.895. The highest BCUT2D eigenvalue weighted by atomic mass is 16.5. The first-order chi connectivity index (χ1) is 12.9. The lowest BCUT2D eigenvalue weighted by Gasteiger charge is -2.38. The number of piperidine rings is 1. The quantitative estimate of drug-likeness (QED) is 0.706. The van der Waals surface area contributed by atoms with Crippen LogP contribution in [0, 0.1) is 5.41 Å². The minimum absolute atomic E-state index is 0.0109. The summed E-state index contributed by atoms with van der Waals surface area (Å²) in [6, 6.07) is -0.313. The molecule has 1 saturated carbocycles. The van der Waals surface area contributed by atoms with Crippen molar-refractivity contribution >= 4 is 12.0 Å². The van der Waals surface area contributed by atoms with Crippen LogP contribution in [-0.2, 0) is 9.53 Å². The van der Waals surface area contributed by atoms with Gasteiger partial charge in [0, 0.05) is 45.8 Å². The lowest BCUT2D eigenvalue weighted by molar-refractivity contribution is -0.134. The second kappa shape index (κ2) is 8.32. The molecule has 0 aromatic carbocycles. The van der Waals surface area contributed by atoms with Gasteiger partial charge >= 0.3 is 6.09 Å². The predicted molar refractivity (Wildman–Crippen MR) is 99.5 cm³/mol. The smallest absolute Gasteiger partial charge is 0.407 e. The number of amides is 2. The SMILES string of the molecule is COC[C@H](CCN1CCC2(CC2)[C@H](O)C1)N1C[C@@H](C)N(C(=O)O)CCC1=O. The number of likely N-dealkylation sites (tertiary alicyclic amines) is 1. The molecule has 154 valence electrons. The lowest BCUT2D eigenvalue weighted by Crippen LogP contribution is -2.50. The fourth-order valence-corrected chi connectivity index (χ4v) is 4.58. The predicted octanol–water partition coefficient (Wildman–Crippen LogP) is 0.839. The molecule has 3 rings (SSSR count). The molecule has 2 N–H and O–H groups in total. The van der Waals surface area contributed by atoms with E-state index in [1.807, 2.05) is 6.92 Å². The third-order valence-electron chi connectivity index (χ3n) is 6.66. The number of hydrogen-bond acceptors (Lipinski definition) is 5. The molecule has 0 aromatic heterocycles. The van der Waals surface area contributed by atoms with E-state index in [0.717, 1.165) is 38.8 Å². The lowest BCUT2D eigenvalue weighted by atomic mass is 9.90. The third-order valence-corrected chi connectivity index (χ3v) is 6.66. The van der Waals surface area contributed by atoms with Crippen LogP contribution < -0.4 is 0 Å². The molecular weight excluding hydrogens is 350 g/mol. The van der Waals surface area contributed by atoms with E-state index in [1.165, 1.54) is 4.90 Å². The van der Waals surface area contributed by atoms with Crippen molar-refractivity contribution in [1.82, 2.24) is 14.7 Å². The highest BCUT2D eigenvalue weighted by Crippen LogP contribution is 2.53. The number of hydrogen-bond donors (Lipinski definition) is 2. The summed E-state index contributed by atoms with van der Waals surface area (Å²) >= 11 is 0. The summed E-state index contributed by atoms with van der Waals surface area (Å²) in [6.07, 6.45) is 3.10. The van der Waals surface area contributed by atoms with Gasteiger partial charge in [-0.3, -0.25) is 4.79 Å². The largest absolute Gasteiger partial charge is 0.465 e. The van der Waals surface area contributed by atoms with Crippen LogP contribution in [0.4, 0.5) is 4.79 Å². The normalized spacial score (nSPS) is 29.7. The summed E-state index contributed by atoms with van der Waals surface area (Å²) in [5.41, 5.74) is 0.193. The molecule has 3 atom stereocenters. The van der Waals surface area contributed by atoms with Crippen LogP contribution in [0.1, 0.15) is 39.0 Å². The summed E-state index contributed by atoms with van der Waals surface area (Å²) in [5, 5.41) is 19.7. The Labute approximate surface area is 161 Å². The average molecular weight is 383 g/mol. The molecule has 3 aliphatic rings. The monoisotopic (exact) mass is 383 g/mol. The Morgan fingerprint density at radius 2 is 2.04 bits per heavy atom. The standard InChI is InChI=1S/C19H33N3O5/c1-14-11-22(17(24)4-9-21(14)18(25)26)15(13-27-2)3-8-20-10-7-19(5-6-19)16(23)12-20/h14-16,23H,3-13H2,1-2H3,(H,25,26)/t14-,15+,16-/m1/s1. The van der Waals surface area contributed by atoms with Gasteiger partial charge in [0.15, 0.2) is 0 Å². The Bertz CT molecular complexity index is 553. The second-order valence-electron chi connectivity index (χ2n) is 8.45. The Morgan fingerprint density at radius 1 is 1.30 bits per heavy atom. The second-order valence-corrected chi connectivity index (χ2v) is 8.45. The highest BCUT2D eigenvalue weighted by molar-refractivity contribution is 5.78. The van der Waals surface area contributed by atoms with Crippen LogP contribution in [0.3, 0.4) is 0 Å². The van der Waals surface area contributed by atoms with Crippen LogP contribution in [0.25, 0.3) is 0 Å². The number of carbonyl (C=O) groups is 2. The van der Waals surface area contributed by atoms with Gasteiger partial charge in [-0.2, -0.15) is 0 Å². The Morgan fingerprint density at radius 3 is 2.63 bits per heavy atom. The van der Waals surface area contributed by atoms with Crippen molar-refractivity contribution < 1.29 is 24.5 Å². The van der Waals surface area contributed by atoms with Gasteiger partial charge in [-0.25, -0.2) is 4.79 Å². The number of ether oxygens (including phenoxy) is 1. The fourth-order valence-electron chi connectivity index (χ4n) is 4.58. The van der Waals surface area contributed by atoms with Gasteiger partial charge in [0.1, 0.15) is 0 Å². The molecule has 27 heavy (non-hydrogen) atoms. The maximum Gasteiger partial charge on any atom is 0.407 e. The Balaban J connectivity index is 1.58. The number of aliphatic hydroxyl groups is 1. The van der Waals surface area contributed by atoms with Gasteiger partial charge < -0.3 is 29.6 Å². The molecule has 1 aliphatic carbocycles.